The number of halogens is 1. The molecule has 0 radical (unpaired) electrons. The Balaban J connectivity index is 1.96. The highest BCUT2D eigenvalue weighted by molar-refractivity contribution is 7.89. The van der Waals surface area contributed by atoms with Gasteiger partial charge in [0.1, 0.15) is 17.3 Å². The van der Waals surface area contributed by atoms with Crippen molar-refractivity contribution in [2.24, 2.45) is 5.14 Å². The third-order valence-corrected chi connectivity index (χ3v) is 5.94. The zero-order valence-corrected chi connectivity index (χ0v) is 19.2. The van der Waals surface area contributed by atoms with E-state index in [9.17, 15) is 12.8 Å². The molecular weight excluding hydrogens is 433 g/mol. The summed E-state index contributed by atoms with van der Waals surface area (Å²) >= 11 is 0. The molecule has 0 aliphatic carbocycles. The molecule has 8 nitrogen and oxygen atoms in total. The molecule has 1 heterocycles. The molecule has 0 saturated heterocycles. The third-order valence-electron chi connectivity index (χ3n) is 5.03. The lowest BCUT2D eigenvalue weighted by atomic mass is 10.0. The largest absolute Gasteiger partial charge is 0.385 e. The van der Waals surface area contributed by atoms with E-state index in [1.54, 1.807) is 7.11 Å². The van der Waals surface area contributed by atoms with Gasteiger partial charge in [0.05, 0.1) is 11.4 Å². The van der Waals surface area contributed by atoms with Crippen molar-refractivity contribution in [1.82, 2.24) is 20.1 Å². The van der Waals surface area contributed by atoms with Gasteiger partial charge >= 0.3 is 0 Å². The fourth-order valence-corrected chi connectivity index (χ4v) is 3.84. The van der Waals surface area contributed by atoms with E-state index < -0.39 is 15.8 Å². The van der Waals surface area contributed by atoms with Crippen molar-refractivity contribution in [3.8, 4) is 5.69 Å². The van der Waals surface area contributed by atoms with Gasteiger partial charge in [-0.15, -0.1) is 5.10 Å². The predicted octanol–water partition coefficient (Wildman–Crippen LogP) is 2.39. The Labute approximate surface area is 187 Å². The minimum atomic E-state index is -4.01. The Morgan fingerprint density at radius 2 is 1.97 bits per heavy atom. The van der Waals surface area contributed by atoms with E-state index in [0.29, 0.717) is 31.2 Å². The van der Waals surface area contributed by atoms with Crippen LogP contribution in [0.3, 0.4) is 0 Å². The van der Waals surface area contributed by atoms with Crippen LogP contribution < -0.4 is 10.5 Å². The summed E-state index contributed by atoms with van der Waals surface area (Å²) in [5.74, 6) is 0.315. The average Bonchev–Trinajstić information content (AvgIpc) is 3.12. The topological polar surface area (TPSA) is 112 Å². The van der Waals surface area contributed by atoms with Crippen molar-refractivity contribution in [3.05, 3.63) is 70.6 Å². The molecule has 0 saturated carbocycles. The Morgan fingerprint density at radius 3 is 2.66 bits per heavy atom. The SMILES string of the molecule is COCCCNCc1nc(Cc2cc(C)ccc2C)n(-c2ccc(S(N)(=O)=O)cc2F)n1. The van der Waals surface area contributed by atoms with Crippen LogP contribution in [0, 0.1) is 19.7 Å². The fraction of sp³-hybridized carbons (Fsp3) is 0.364. The van der Waals surface area contributed by atoms with Crippen LogP contribution in [0.4, 0.5) is 4.39 Å². The van der Waals surface area contributed by atoms with Gasteiger partial charge in [-0.2, -0.15) is 0 Å². The molecule has 3 N–H and O–H groups in total. The molecule has 0 unspecified atom stereocenters. The second-order valence-corrected chi connectivity index (χ2v) is 9.21. The van der Waals surface area contributed by atoms with Gasteiger partial charge in [-0.1, -0.05) is 23.8 Å². The van der Waals surface area contributed by atoms with Crippen LogP contribution >= 0.6 is 0 Å². The van der Waals surface area contributed by atoms with Gasteiger partial charge in [0.15, 0.2) is 5.82 Å². The molecule has 0 fully saturated rings. The summed E-state index contributed by atoms with van der Waals surface area (Å²) in [5.41, 5.74) is 3.37. The summed E-state index contributed by atoms with van der Waals surface area (Å²) in [4.78, 5) is 4.33. The van der Waals surface area contributed by atoms with E-state index in [1.165, 1.54) is 16.8 Å². The molecule has 32 heavy (non-hydrogen) atoms. The molecule has 3 aromatic rings. The first-order valence-corrected chi connectivity index (χ1v) is 11.8. The van der Waals surface area contributed by atoms with E-state index >= 15 is 0 Å². The third kappa shape index (κ3) is 5.98. The van der Waals surface area contributed by atoms with Crippen LogP contribution in [-0.2, 0) is 27.7 Å². The molecule has 0 aliphatic heterocycles. The lowest BCUT2D eigenvalue weighted by molar-refractivity contribution is 0.194. The summed E-state index contributed by atoms with van der Waals surface area (Å²) in [5, 5.41) is 12.9. The number of methoxy groups -OCH3 is 1. The number of nitrogens with one attached hydrogen (secondary N) is 1. The van der Waals surface area contributed by atoms with Crippen LogP contribution in [0.1, 0.15) is 34.8 Å². The fourth-order valence-electron chi connectivity index (χ4n) is 3.31. The van der Waals surface area contributed by atoms with Crippen LogP contribution in [0.15, 0.2) is 41.3 Å². The molecule has 3 rings (SSSR count). The van der Waals surface area contributed by atoms with Crippen molar-refractivity contribution in [2.45, 2.75) is 38.1 Å². The normalized spacial score (nSPS) is 11.8. The molecule has 0 aliphatic rings. The maximum Gasteiger partial charge on any atom is 0.238 e. The van der Waals surface area contributed by atoms with E-state index in [-0.39, 0.29) is 10.6 Å². The number of hydrogen-bond acceptors (Lipinski definition) is 6. The van der Waals surface area contributed by atoms with Crippen molar-refractivity contribution in [2.75, 3.05) is 20.3 Å². The second kappa shape index (κ2) is 10.3. The lowest BCUT2D eigenvalue weighted by Crippen LogP contribution is -2.17. The number of rotatable bonds is 10. The first-order chi connectivity index (χ1) is 15.2. The molecule has 1 aromatic heterocycles. The molecule has 0 amide bonds. The number of nitrogens with zero attached hydrogens (tertiary/aromatic N) is 3. The van der Waals surface area contributed by atoms with Crippen molar-refractivity contribution in [3.63, 3.8) is 0 Å². The highest BCUT2D eigenvalue weighted by Crippen LogP contribution is 2.21. The maximum atomic E-state index is 14.9. The van der Waals surface area contributed by atoms with Gasteiger partial charge in [-0.05, 0) is 56.1 Å². The molecule has 2 aromatic carbocycles. The molecular formula is C22H28FN5O3S. The van der Waals surface area contributed by atoms with Crippen molar-refractivity contribution < 1.29 is 17.5 Å². The van der Waals surface area contributed by atoms with Gasteiger partial charge < -0.3 is 10.1 Å². The number of hydrogen-bond donors (Lipinski definition) is 2. The Morgan fingerprint density at radius 1 is 1.19 bits per heavy atom. The van der Waals surface area contributed by atoms with E-state index in [4.69, 9.17) is 9.88 Å². The molecule has 0 spiro atoms. The Bertz CT molecular complexity index is 1190. The van der Waals surface area contributed by atoms with Gasteiger partial charge in [0.25, 0.3) is 0 Å². The summed E-state index contributed by atoms with van der Waals surface area (Å²) in [7, 11) is -2.36. The molecule has 0 bridgehead atoms. The monoisotopic (exact) mass is 461 g/mol. The van der Waals surface area contributed by atoms with Crippen LogP contribution in [0.2, 0.25) is 0 Å². The number of primary sulfonamides is 1. The maximum absolute atomic E-state index is 14.9. The minimum Gasteiger partial charge on any atom is -0.385 e. The van der Waals surface area contributed by atoms with Crippen LogP contribution in [-0.4, -0.2) is 43.4 Å². The van der Waals surface area contributed by atoms with E-state index in [0.717, 1.165) is 35.7 Å². The number of sulfonamides is 1. The van der Waals surface area contributed by atoms with Crippen LogP contribution in [0.5, 0.6) is 0 Å². The number of nitrogens with two attached hydrogens (primary N) is 1. The van der Waals surface area contributed by atoms with Gasteiger partial charge in [0.2, 0.25) is 10.0 Å². The van der Waals surface area contributed by atoms with Crippen molar-refractivity contribution >= 4 is 10.0 Å². The average molecular weight is 462 g/mol. The number of benzene rings is 2. The van der Waals surface area contributed by atoms with E-state index in [2.05, 4.69) is 21.5 Å². The summed E-state index contributed by atoms with van der Waals surface area (Å²) < 4.78 is 44.5. The van der Waals surface area contributed by atoms with Gasteiger partial charge in [-0.3, -0.25) is 0 Å². The molecule has 172 valence electrons. The van der Waals surface area contributed by atoms with E-state index in [1.807, 2.05) is 26.0 Å². The predicted molar refractivity (Wildman–Crippen MR) is 120 cm³/mol. The molecule has 10 heteroatoms. The first kappa shape index (κ1) is 24.0. The summed E-state index contributed by atoms with van der Waals surface area (Å²) in [6.45, 7) is 5.80. The smallest absolute Gasteiger partial charge is 0.238 e. The standard InChI is InChI=1S/C22H28FN5O3S/c1-15-5-6-16(2)17(11-15)12-22-26-21(14-25-9-4-10-31-3)27-28(22)20-8-7-18(13-19(20)23)32(24,29)30/h5-8,11,13,25H,4,9-10,12,14H2,1-3H3,(H2,24,29,30). The number of aryl methyl sites for hydroxylation is 2. The summed E-state index contributed by atoms with van der Waals surface area (Å²) in [6.07, 6.45) is 1.29. The number of aromatic nitrogens is 3. The second-order valence-electron chi connectivity index (χ2n) is 7.64. The summed E-state index contributed by atoms with van der Waals surface area (Å²) in [6, 6.07) is 9.65. The van der Waals surface area contributed by atoms with Gasteiger partial charge in [0, 0.05) is 20.1 Å². The lowest BCUT2D eigenvalue weighted by Gasteiger charge is -2.10. The molecule has 0 atom stereocenters. The zero-order valence-electron chi connectivity index (χ0n) is 18.4. The number of ether oxygens (including phenoxy) is 1. The van der Waals surface area contributed by atoms with Crippen molar-refractivity contribution in [1.29, 1.82) is 0 Å². The highest BCUT2D eigenvalue weighted by atomic mass is 32.2. The first-order valence-electron chi connectivity index (χ1n) is 10.2. The Hall–Kier alpha value is -2.66. The highest BCUT2D eigenvalue weighted by Gasteiger charge is 2.18. The van der Waals surface area contributed by atoms with Crippen LogP contribution in [0.25, 0.3) is 5.69 Å². The quantitative estimate of drug-likeness (QED) is 0.449. The zero-order chi connectivity index (χ0) is 23.3. The van der Waals surface area contributed by atoms with Gasteiger partial charge in [-0.25, -0.2) is 27.6 Å². The minimum absolute atomic E-state index is 0.107. The Kier molecular flexibility index (Phi) is 7.73.